The summed E-state index contributed by atoms with van der Waals surface area (Å²) in [5.41, 5.74) is 1.07. The van der Waals surface area contributed by atoms with Crippen LogP contribution in [0.2, 0.25) is 10.0 Å². The second-order valence-corrected chi connectivity index (χ2v) is 9.11. The summed E-state index contributed by atoms with van der Waals surface area (Å²) in [7, 11) is 0. The number of halogens is 2. The molecule has 156 valence electrons. The van der Waals surface area contributed by atoms with Crippen LogP contribution in [0.3, 0.4) is 0 Å². The fourth-order valence-corrected chi connectivity index (χ4v) is 4.15. The van der Waals surface area contributed by atoms with Gasteiger partial charge in [-0.3, -0.25) is 9.59 Å². The predicted octanol–water partition coefficient (Wildman–Crippen LogP) is 4.96. The molecular formula is C20H24Cl2N4O2S. The number of aromatic nitrogens is 1. The zero-order valence-electron chi connectivity index (χ0n) is 16.4. The van der Waals surface area contributed by atoms with Crippen molar-refractivity contribution in [2.24, 2.45) is 5.92 Å². The zero-order valence-corrected chi connectivity index (χ0v) is 18.7. The molecule has 0 radical (unpaired) electrons. The highest BCUT2D eigenvalue weighted by molar-refractivity contribution is 7.14. The molecule has 1 aromatic carbocycles. The van der Waals surface area contributed by atoms with Crippen LogP contribution in [0.4, 0.5) is 10.8 Å². The highest BCUT2D eigenvalue weighted by Gasteiger charge is 2.33. The van der Waals surface area contributed by atoms with Gasteiger partial charge in [-0.1, -0.05) is 37.0 Å². The Bertz CT molecular complexity index is 887. The van der Waals surface area contributed by atoms with Gasteiger partial charge in [-0.2, -0.15) is 0 Å². The van der Waals surface area contributed by atoms with Crippen molar-refractivity contribution in [1.29, 1.82) is 0 Å². The minimum Gasteiger partial charge on any atom is -0.354 e. The number of likely N-dealkylation sites (tertiary alicyclic amines) is 1. The van der Waals surface area contributed by atoms with Crippen molar-refractivity contribution in [3.63, 3.8) is 0 Å². The third kappa shape index (κ3) is 5.62. The van der Waals surface area contributed by atoms with E-state index in [0.29, 0.717) is 46.3 Å². The maximum Gasteiger partial charge on any atom is 0.274 e. The lowest BCUT2D eigenvalue weighted by Gasteiger charge is -2.34. The number of amides is 2. The SMILES string of the molecule is CC(C)CNC(=O)C1CCCCN1C(=O)c1csc(Nc2ccc(Cl)c(Cl)c2)n1. The molecule has 9 heteroatoms. The number of nitrogens with zero attached hydrogens (tertiary/aromatic N) is 2. The van der Waals surface area contributed by atoms with E-state index in [9.17, 15) is 9.59 Å². The van der Waals surface area contributed by atoms with E-state index in [1.807, 2.05) is 13.8 Å². The van der Waals surface area contributed by atoms with Gasteiger partial charge >= 0.3 is 0 Å². The molecule has 1 saturated heterocycles. The lowest BCUT2D eigenvalue weighted by molar-refractivity contribution is -0.126. The van der Waals surface area contributed by atoms with Gasteiger partial charge in [0.25, 0.3) is 5.91 Å². The van der Waals surface area contributed by atoms with Crippen LogP contribution in [-0.2, 0) is 4.79 Å². The van der Waals surface area contributed by atoms with Gasteiger partial charge in [0.2, 0.25) is 5.91 Å². The van der Waals surface area contributed by atoms with Crippen molar-refractivity contribution in [3.05, 3.63) is 39.3 Å². The number of piperidine rings is 1. The number of benzene rings is 1. The number of nitrogens with one attached hydrogen (secondary N) is 2. The van der Waals surface area contributed by atoms with Crippen molar-refractivity contribution in [2.45, 2.75) is 39.2 Å². The van der Waals surface area contributed by atoms with Crippen molar-refractivity contribution < 1.29 is 9.59 Å². The lowest BCUT2D eigenvalue weighted by atomic mass is 10.0. The molecule has 1 atom stereocenters. The van der Waals surface area contributed by atoms with E-state index in [2.05, 4.69) is 15.6 Å². The van der Waals surface area contributed by atoms with E-state index in [-0.39, 0.29) is 11.8 Å². The van der Waals surface area contributed by atoms with Crippen LogP contribution in [0.5, 0.6) is 0 Å². The van der Waals surface area contributed by atoms with Crippen molar-refractivity contribution in [1.82, 2.24) is 15.2 Å². The van der Waals surface area contributed by atoms with E-state index >= 15 is 0 Å². The fourth-order valence-electron chi connectivity index (χ4n) is 3.14. The number of anilines is 2. The number of rotatable bonds is 6. The first-order chi connectivity index (χ1) is 13.8. The summed E-state index contributed by atoms with van der Waals surface area (Å²) in [5.74, 6) is 0.0594. The van der Waals surface area contributed by atoms with E-state index in [0.717, 1.165) is 18.5 Å². The Morgan fingerprint density at radius 2 is 2.07 bits per heavy atom. The minimum atomic E-state index is -0.441. The minimum absolute atomic E-state index is 0.0869. The summed E-state index contributed by atoms with van der Waals surface area (Å²) in [6.45, 7) is 5.25. The molecule has 1 aliphatic rings. The maximum atomic E-state index is 13.0. The molecule has 0 aliphatic carbocycles. The number of carbonyl (C=O) groups is 2. The van der Waals surface area contributed by atoms with Crippen molar-refractivity contribution in [2.75, 3.05) is 18.4 Å². The summed E-state index contributed by atoms with van der Waals surface area (Å²) in [4.78, 5) is 31.7. The Hall–Kier alpha value is -1.83. The van der Waals surface area contributed by atoms with Gasteiger partial charge in [-0.15, -0.1) is 11.3 Å². The predicted molar refractivity (Wildman–Crippen MR) is 118 cm³/mol. The van der Waals surface area contributed by atoms with Crippen LogP contribution in [0.1, 0.15) is 43.6 Å². The Morgan fingerprint density at radius 1 is 1.28 bits per heavy atom. The molecule has 0 bridgehead atoms. The smallest absolute Gasteiger partial charge is 0.274 e. The van der Waals surface area contributed by atoms with Gasteiger partial charge in [-0.25, -0.2) is 4.98 Å². The second kappa shape index (κ2) is 9.78. The van der Waals surface area contributed by atoms with Gasteiger partial charge < -0.3 is 15.5 Å². The Labute approximate surface area is 184 Å². The quantitative estimate of drug-likeness (QED) is 0.646. The molecule has 1 fully saturated rings. The average Bonchev–Trinajstić information content (AvgIpc) is 3.17. The topological polar surface area (TPSA) is 74.3 Å². The molecule has 1 unspecified atom stereocenters. The van der Waals surface area contributed by atoms with Crippen LogP contribution in [-0.4, -0.2) is 40.8 Å². The second-order valence-electron chi connectivity index (χ2n) is 7.44. The highest BCUT2D eigenvalue weighted by atomic mass is 35.5. The number of carbonyl (C=O) groups excluding carboxylic acids is 2. The molecule has 1 aliphatic heterocycles. The Balaban J connectivity index is 1.70. The van der Waals surface area contributed by atoms with E-state index in [1.54, 1.807) is 28.5 Å². The van der Waals surface area contributed by atoms with E-state index in [1.165, 1.54) is 11.3 Å². The lowest BCUT2D eigenvalue weighted by Crippen LogP contribution is -2.52. The first kappa shape index (κ1) is 21.9. The average molecular weight is 455 g/mol. The van der Waals surface area contributed by atoms with Gasteiger partial charge in [-0.05, 0) is 43.4 Å². The normalized spacial score (nSPS) is 16.7. The first-order valence-electron chi connectivity index (χ1n) is 9.61. The van der Waals surface area contributed by atoms with Gasteiger partial charge in [0.1, 0.15) is 11.7 Å². The standard InChI is InChI=1S/C20H24Cl2N4O2S/c1-12(2)10-23-18(27)17-5-3-4-8-26(17)19(28)16-11-29-20(25-16)24-13-6-7-14(21)15(22)9-13/h6-7,9,11-12,17H,3-5,8,10H2,1-2H3,(H,23,27)(H,24,25). The van der Waals surface area contributed by atoms with Crippen LogP contribution in [0.25, 0.3) is 0 Å². The number of thiazole rings is 1. The molecule has 2 amide bonds. The molecule has 29 heavy (non-hydrogen) atoms. The Morgan fingerprint density at radius 3 is 2.79 bits per heavy atom. The van der Waals surface area contributed by atoms with Crippen molar-refractivity contribution >= 4 is 57.2 Å². The maximum absolute atomic E-state index is 13.0. The van der Waals surface area contributed by atoms with E-state index in [4.69, 9.17) is 23.2 Å². The highest BCUT2D eigenvalue weighted by Crippen LogP contribution is 2.29. The molecule has 3 rings (SSSR count). The summed E-state index contributed by atoms with van der Waals surface area (Å²) < 4.78 is 0. The largest absolute Gasteiger partial charge is 0.354 e. The number of hydrogen-bond acceptors (Lipinski definition) is 5. The Kier molecular flexibility index (Phi) is 7.38. The van der Waals surface area contributed by atoms with Gasteiger partial charge in [0.15, 0.2) is 5.13 Å². The molecule has 6 nitrogen and oxygen atoms in total. The molecule has 2 N–H and O–H groups in total. The molecular weight excluding hydrogens is 431 g/mol. The summed E-state index contributed by atoms with van der Waals surface area (Å²) >= 11 is 13.3. The monoisotopic (exact) mass is 454 g/mol. The van der Waals surface area contributed by atoms with Crippen LogP contribution in [0, 0.1) is 5.92 Å². The van der Waals surface area contributed by atoms with Gasteiger partial charge in [0, 0.05) is 24.2 Å². The zero-order chi connectivity index (χ0) is 21.0. The molecule has 2 heterocycles. The molecule has 1 aromatic heterocycles. The third-order valence-electron chi connectivity index (χ3n) is 4.65. The van der Waals surface area contributed by atoms with Crippen molar-refractivity contribution in [3.8, 4) is 0 Å². The summed E-state index contributed by atoms with van der Waals surface area (Å²) in [6.07, 6.45) is 2.50. The molecule has 0 saturated carbocycles. The molecule has 0 spiro atoms. The summed E-state index contributed by atoms with van der Waals surface area (Å²) in [5, 5.41) is 9.27. The van der Waals surface area contributed by atoms with Crippen LogP contribution in [0.15, 0.2) is 23.6 Å². The van der Waals surface area contributed by atoms with E-state index < -0.39 is 6.04 Å². The van der Waals surface area contributed by atoms with Crippen LogP contribution >= 0.6 is 34.5 Å². The fraction of sp³-hybridized carbons (Fsp3) is 0.450. The number of hydrogen-bond donors (Lipinski definition) is 2. The van der Waals surface area contributed by atoms with Gasteiger partial charge in [0.05, 0.1) is 10.0 Å². The first-order valence-corrected chi connectivity index (χ1v) is 11.2. The van der Waals surface area contributed by atoms with Crippen LogP contribution < -0.4 is 10.6 Å². The molecule has 2 aromatic rings. The summed E-state index contributed by atoms with van der Waals surface area (Å²) in [6, 6.07) is 4.74. The third-order valence-corrected chi connectivity index (χ3v) is 6.14.